The molecule has 8 heteroatoms. The van der Waals surface area contributed by atoms with Gasteiger partial charge in [0.15, 0.2) is 0 Å². The van der Waals surface area contributed by atoms with E-state index in [-0.39, 0.29) is 31.4 Å². The molecule has 142 valence electrons. The van der Waals surface area contributed by atoms with Gasteiger partial charge >= 0.3 is 5.97 Å². The highest BCUT2D eigenvalue weighted by atomic mass is 35.5. The van der Waals surface area contributed by atoms with Crippen LogP contribution in [0.5, 0.6) is 5.75 Å². The van der Waals surface area contributed by atoms with Gasteiger partial charge in [0.2, 0.25) is 0 Å². The van der Waals surface area contributed by atoms with E-state index < -0.39 is 5.97 Å². The van der Waals surface area contributed by atoms with Gasteiger partial charge in [-0.05, 0) is 31.2 Å². The minimum absolute atomic E-state index is 0.00870. The van der Waals surface area contributed by atoms with Gasteiger partial charge in [0.1, 0.15) is 11.5 Å². The third-order valence-electron chi connectivity index (χ3n) is 4.19. The summed E-state index contributed by atoms with van der Waals surface area (Å²) < 4.78 is 10.8. The predicted molar refractivity (Wildman–Crippen MR) is 113 cm³/mol. The Bertz CT molecular complexity index is 1170. The summed E-state index contributed by atoms with van der Waals surface area (Å²) in [6, 6.07) is 9.31. The zero-order valence-electron chi connectivity index (χ0n) is 14.4. The molecule has 2 aromatic carbocycles. The van der Waals surface area contributed by atoms with Gasteiger partial charge in [0.25, 0.3) is 0 Å². The molecule has 0 saturated carbocycles. The number of ether oxygens (including phenoxy) is 2. The molecule has 0 aliphatic carbocycles. The van der Waals surface area contributed by atoms with E-state index in [4.69, 9.17) is 55.9 Å². The maximum atomic E-state index is 12.3. The number of benzene rings is 2. The van der Waals surface area contributed by atoms with E-state index in [1.165, 1.54) is 0 Å². The van der Waals surface area contributed by atoms with Crippen molar-refractivity contribution in [3.05, 3.63) is 67.2 Å². The number of fused-ring (bicyclic) bond motifs is 2. The van der Waals surface area contributed by atoms with E-state index in [1.807, 2.05) is 31.2 Å². The van der Waals surface area contributed by atoms with Gasteiger partial charge in [-0.2, -0.15) is 0 Å². The smallest absolute Gasteiger partial charge is 0.345 e. The number of pyridine rings is 1. The number of carbonyl (C=O) groups excluding carboxylic acids is 1. The normalized spacial score (nSPS) is 14.5. The molecule has 2 heterocycles. The standard InChI is InChI=1S/C20H11Cl4NO3/c1-2-27-11-5-6-12-9(7-11)3-4-10(25-12)8-13-14-15(20(26)28-13)17(22)19(24)18(23)16(14)21/h3-8H,2H2,1H3. The van der Waals surface area contributed by atoms with Crippen LogP contribution in [0.15, 0.2) is 30.3 Å². The molecule has 28 heavy (non-hydrogen) atoms. The highest BCUT2D eigenvalue weighted by Gasteiger charge is 2.35. The average molecular weight is 455 g/mol. The van der Waals surface area contributed by atoms with Gasteiger partial charge < -0.3 is 9.47 Å². The second kappa shape index (κ2) is 7.45. The summed E-state index contributed by atoms with van der Waals surface area (Å²) in [4.78, 5) is 16.8. The van der Waals surface area contributed by atoms with E-state index in [1.54, 1.807) is 12.1 Å². The molecule has 1 aromatic heterocycles. The molecule has 0 N–H and O–H groups in total. The van der Waals surface area contributed by atoms with E-state index in [2.05, 4.69) is 4.98 Å². The minimum atomic E-state index is -0.645. The third kappa shape index (κ3) is 3.20. The molecule has 0 bridgehead atoms. The number of esters is 1. The number of hydrogen-bond donors (Lipinski definition) is 0. The van der Waals surface area contributed by atoms with Crippen LogP contribution in [-0.2, 0) is 4.74 Å². The Morgan fingerprint density at radius 3 is 2.43 bits per heavy atom. The van der Waals surface area contributed by atoms with Crippen molar-refractivity contribution >= 4 is 75.1 Å². The van der Waals surface area contributed by atoms with Crippen molar-refractivity contribution in [2.45, 2.75) is 6.92 Å². The SMILES string of the molecule is CCOc1ccc2nc(C=C3OC(=O)c4c(Cl)c(Cl)c(Cl)c(Cl)c43)ccc2c1. The quantitative estimate of drug-likeness (QED) is 0.245. The van der Waals surface area contributed by atoms with Crippen molar-refractivity contribution < 1.29 is 14.3 Å². The van der Waals surface area contributed by atoms with Crippen LogP contribution < -0.4 is 4.74 Å². The van der Waals surface area contributed by atoms with Gasteiger partial charge in [-0.1, -0.05) is 52.5 Å². The lowest BCUT2D eigenvalue weighted by atomic mass is 10.1. The summed E-state index contributed by atoms with van der Waals surface area (Å²) in [7, 11) is 0. The zero-order chi connectivity index (χ0) is 20.0. The number of rotatable bonds is 3. The molecule has 0 spiro atoms. The number of hydrogen-bond acceptors (Lipinski definition) is 4. The average Bonchev–Trinajstić information content (AvgIpc) is 3.01. The number of aromatic nitrogens is 1. The maximum Gasteiger partial charge on any atom is 0.345 e. The molecule has 4 nitrogen and oxygen atoms in total. The Labute approximate surface area is 180 Å². The lowest BCUT2D eigenvalue weighted by Gasteiger charge is -2.08. The van der Waals surface area contributed by atoms with Crippen LogP contribution in [-0.4, -0.2) is 17.6 Å². The van der Waals surface area contributed by atoms with Crippen molar-refractivity contribution in [1.29, 1.82) is 0 Å². The number of halogens is 4. The molecule has 0 radical (unpaired) electrons. The van der Waals surface area contributed by atoms with Crippen LogP contribution >= 0.6 is 46.4 Å². The highest BCUT2D eigenvalue weighted by Crippen LogP contribution is 2.48. The molecule has 0 atom stereocenters. The maximum absolute atomic E-state index is 12.3. The van der Waals surface area contributed by atoms with Gasteiger partial charge in [0.05, 0.1) is 49.0 Å². The van der Waals surface area contributed by atoms with E-state index in [0.717, 1.165) is 16.7 Å². The fraction of sp³-hybridized carbons (Fsp3) is 0.100. The topological polar surface area (TPSA) is 48.4 Å². The first-order valence-electron chi connectivity index (χ1n) is 8.24. The molecule has 0 amide bonds. The van der Waals surface area contributed by atoms with Crippen molar-refractivity contribution in [1.82, 2.24) is 4.98 Å². The summed E-state index contributed by atoms with van der Waals surface area (Å²) in [5.41, 5.74) is 1.74. The number of nitrogens with zero attached hydrogens (tertiary/aromatic N) is 1. The van der Waals surface area contributed by atoms with Crippen molar-refractivity contribution in [2.24, 2.45) is 0 Å². The summed E-state index contributed by atoms with van der Waals surface area (Å²) in [6.07, 6.45) is 1.60. The molecular weight excluding hydrogens is 444 g/mol. The Balaban J connectivity index is 1.81. The molecule has 0 saturated heterocycles. The molecule has 3 aromatic rings. The molecule has 0 fully saturated rings. The van der Waals surface area contributed by atoms with E-state index >= 15 is 0 Å². The van der Waals surface area contributed by atoms with Crippen LogP contribution in [0, 0.1) is 0 Å². The number of cyclic esters (lactones) is 1. The molecular formula is C20H11Cl4NO3. The Morgan fingerprint density at radius 2 is 1.71 bits per heavy atom. The largest absolute Gasteiger partial charge is 0.494 e. The summed E-state index contributed by atoms with van der Waals surface area (Å²) in [5, 5.41) is 1.11. The summed E-state index contributed by atoms with van der Waals surface area (Å²) in [5.74, 6) is 0.339. The highest BCUT2D eigenvalue weighted by molar-refractivity contribution is 6.53. The molecule has 1 aliphatic rings. The monoisotopic (exact) mass is 453 g/mol. The first-order valence-corrected chi connectivity index (χ1v) is 9.75. The van der Waals surface area contributed by atoms with Crippen molar-refractivity contribution in [2.75, 3.05) is 6.61 Å². The van der Waals surface area contributed by atoms with Crippen LogP contribution in [0.4, 0.5) is 0 Å². The fourth-order valence-electron chi connectivity index (χ4n) is 2.95. The van der Waals surface area contributed by atoms with Crippen LogP contribution in [0.2, 0.25) is 20.1 Å². The van der Waals surface area contributed by atoms with Gasteiger partial charge in [-0.3, -0.25) is 0 Å². The van der Waals surface area contributed by atoms with Crippen molar-refractivity contribution in [3.63, 3.8) is 0 Å². The summed E-state index contributed by atoms with van der Waals surface area (Å²) >= 11 is 24.6. The molecule has 0 unspecified atom stereocenters. The molecule has 4 rings (SSSR count). The lowest BCUT2D eigenvalue weighted by Crippen LogP contribution is -1.96. The Hall–Kier alpha value is -1.98. The minimum Gasteiger partial charge on any atom is -0.494 e. The third-order valence-corrected chi connectivity index (χ3v) is 5.99. The van der Waals surface area contributed by atoms with Gasteiger partial charge in [0, 0.05) is 11.5 Å². The predicted octanol–water partition coefficient (Wildman–Crippen LogP) is 6.92. The lowest BCUT2D eigenvalue weighted by molar-refractivity contribution is 0.0717. The fourth-order valence-corrected chi connectivity index (χ4v) is 3.97. The second-order valence-corrected chi connectivity index (χ2v) is 7.44. The first-order chi connectivity index (χ1) is 13.4. The first kappa shape index (κ1) is 19.3. The molecule has 1 aliphatic heterocycles. The second-order valence-electron chi connectivity index (χ2n) is 5.93. The summed E-state index contributed by atoms with van der Waals surface area (Å²) in [6.45, 7) is 2.51. The Morgan fingerprint density at radius 1 is 1.00 bits per heavy atom. The Kier molecular flexibility index (Phi) is 5.15. The van der Waals surface area contributed by atoms with Crippen LogP contribution in [0.25, 0.3) is 22.7 Å². The van der Waals surface area contributed by atoms with E-state index in [0.29, 0.717) is 17.9 Å². The van der Waals surface area contributed by atoms with Crippen LogP contribution in [0.1, 0.15) is 28.5 Å². The van der Waals surface area contributed by atoms with Crippen molar-refractivity contribution in [3.8, 4) is 5.75 Å². The zero-order valence-corrected chi connectivity index (χ0v) is 17.4. The van der Waals surface area contributed by atoms with Crippen LogP contribution in [0.3, 0.4) is 0 Å². The van der Waals surface area contributed by atoms with Gasteiger partial charge in [-0.25, -0.2) is 9.78 Å². The van der Waals surface area contributed by atoms with E-state index in [9.17, 15) is 4.79 Å². The number of carbonyl (C=O) groups is 1. The van der Waals surface area contributed by atoms with Gasteiger partial charge in [-0.15, -0.1) is 0 Å².